The van der Waals surface area contributed by atoms with E-state index in [1.54, 1.807) is 7.05 Å². The number of rotatable bonds is 3. The number of amides is 1. The van der Waals surface area contributed by atoms with Crippen LogP contribution < -0.4 is 5.32 Å². The van der Waals surface area contributed by atoms with Crippen molar-refractivity contribution in [3.63, 3.8) is 0 Å². The van der Waals surface area contributed by atoms with Crippen LogP contribution in [0, 0.1) is 0 Å². The molecule has 90 valence electrons. The van der Waals surface area contributed by atoms with E-state index in [2.05, 4.69) is 26.2 Å². The maximum absolute atomic E-state index is 10.9. The summed E-state index contributed by atoms with van der Waals surface area (Å²) in [5.74, 6) is 0. The van der Waals surface area contributed by atoms with Crippen molar-refractivity contribution >= 4 is 32.9 Å². The summed E-state index contributed by atoms with van der Waals surface area (Å²) in [4.78, 5) is 14.1. The fraction of sp³-hybridized carbons (Fsp3) is 0.250. The summed E-state index contributed by atoms with van der Waals surface area (Å²) in [7, 11) is 1.55. The summed E-state index contributed by atoms with van der Waals surface area (Å²) in [6.07, 6.45) is 2.24. The number of hydrogen-bond acceptors (Lipinski definition) is 2. The first kappa shape index (κ1) is 12.0. The molecule has 0 bridgehead atoms. The second-order valence-electron chi connectivity index (χ2n) is 3.61. The predicted molar refractivity (Wildman–Crippen MR) is 70.1 cm³/mol. The van der Waals surface area contributed by atoms with Crippen molar-refractivity contribution in [2.45, 2.75) is 6.42 Å². The van der Waals surface area contributed by atoms with Gasteiger partial charge in [0.25, 0.3) is 0 Å². The minimum absolute atomic E-state index is 0.369. The van der Waals surface area contributed by atoms with E-state index < -0.39 is 6.09 Å². The average molecular weight is 297 g/mol. The van der Waals surface area contributed by atoms with E-state index >= 15 is 0 Å². The van der Waals surface area contributed by atoms with E-state index in [4.69, 9.17) is 4.74 Å². The highest BCUT2D eigenvalue weighted by molar-refractivity contribution is 9.10. The molecule has 0 fully saturated rings. The van der Waals surface area contributed by atoms with E-state index in [9.17, 15) is 4.79 Å². The molecule has 0 aliphatic heterocycles. The number of carbonyl (C=O) groups excluding carboxylic acids is 1. The second-order valence-corrected chi connectivity index (χ2v) is 4.47. The molecule has 0 atom stereocenters. The molecule has 0 spiro atoms. The van der Waals surface area contributed by atoms with Crippen LogP contribution in [0.1, 0.15) is 5.56 Å². The highest BCUT2D eigenvalue weighted by atomic mass is 79.9. The summed E-state index contributed by atoms with van der Waals surface area (Å²) in [6.45, 7) is 0.369. The number of H-pyrrole nitrogens is 1. The molecule has 1 aromatic heterocycles. The summed E-state index contributed by atoms with van der Waals surface area (Å²) in [5, 5.41) is 3.56. The highest BCUT2D eigenvalue weighted by Crippen LogP contribution is 2.27. The minimum Gasteiger partial charge on any atom is -0.449 e. The number of hydrogen-bond donors (Lipinski definition) is 2. The zero-order valence-corrected chi connectivity index (χ0v) is 11.0. The second kappa shape index (κ2) is 5.23. The van der Waals surface area contributed by atoms with Crippen molar-refractivity contribution in [3.8, 4) is 0 Å². The average Bonchev–Trinajstić information content (AvgIpc) is 2.74. The number of benzene rings is 1. The third kappa shape index (κ3) is 2.61. The van der Waals surface area contributed by atoms with Gasteiger partial charge in [-0.15, -0.1) is 0 Å². The van der Waals surface area contributed by atoms with Gasteiger partial charge >= 0.3 is 6.09 Å². The maximum atomic E-state index is 10.9. The largest absolute Gasteiger partial charge is 0.449 e. The van der Waals surface area contributed by atoms with Gasteiger partial charge in [0.15, 0.2) is 0 Å². The number of aromatic nitrogens is 1. The van der Waals surface area contributed by atoms with Crippen molar-refractivity contribution < 1.29 is 9.53 Å². The Hall–Kier alpha value is -1.49. The van der Waals surface area contributed by atoms with E-state index in [0.29, 0.717) is 13.0 Å². The number of alkyl carbamates (subject to hydrolysis) is 1. The lowest BCUT2D eigenvalue weighted by Gasteiger charge is -2.03. The van der Waals surface area contributed by atoms with E-state index in [1.165, 1.54) is 0 Å². The standard InChI is InChI=1S/C12H13BrN2O2/c1-14-12(16)17-6-5-8-7-15-10-4-2-3-9(13)11(8)10/h2-4,7,15H,5-6H2,1H3,(H,14,16). The molecule has 1 amide bonds. The zero-order valence-electron chi connectivity index (χ0n) is 9.42. The van der Waals surface area contributed by atoms with Gasteiger partial charge in [0.2, 0.25) is 0 Å². The Bertz CT molecular complexity index is 536. The quantitative estimate of drug-likeness (QED) is 0.915. The van der Waals surface area contributed by atoms with Gasteiger partial charge in [0, 0.05) is 35.0 Å². The maximum Gasteiger partial charge on any atom is 0.406 e. The number of halogens is 1. The molecule has 2 N–H and O–H groups in total. The molecule has 4 nitrogen and oxygen atoms in total. The molecule has 0 aliphatic rings. The van der Waals surface area contributed by atoms with Crippen molar-refractivity contribution in [1.82, 2.24) is 10.3 Å². The van der Waals surface area contributed by atoms with Crippen molar-refractivity contribution in [1.29, 1.82) is 0 Å². The van der Waals surface area contributed by atoms with Crippen molar-refractivity contribution in [3.05, 3.63) is 34.4 Å². The fourth-order valence-corrected chi connectivity index (χ4v) is 2.35. The first-order chi connectivity index (χ1) is 8.22. The number of fused-ring (bicyclic) bond motifs is 1. The van der Waals surface area contributed by atoms with Crippen LogP contribution in [0.5, 0.6) is 0 Å². The number of aromatic amines is 1. The molecular formula is C12H13BrN2O2. The Morgan fingerprint density at radius 3 is 3.12 bits per heavy atom. The van der Waals surface area contributed by atoms with Crippen LogP contribution in [0.4, 0.5) is 4.79 Å². The molecule has 2 aromatic rings. The van der Waals surface area contributed by atoms with Gasteiger partial charge in [-0.25, -0.2) is 4.79 Å². The Labute approximate surface area is 107 Å². The van der Waals surface area contributed by atoms with Crippen LogP contribution in [-0.2, 0) is 11.2 Å². The first-order valence-corrected chi connectivity index (χ1v) is 6.10. The molecule has 1 heterocycles. The van der Waals surface area contributed by atoms with E-state index in [1.807, 2.05) is 24.4 Å². The third-order valence-corrected chi connectivity index (χ3v) is 3.21. The molecule has 0 radical (unpaired) electrons. The first-order valence-electron chi connectivity index (χ1n) is 5.31. The Morgan fingerprint density at radius 1 is 1.53 bits per heavy atom. The molecule has 0 saturated heterocycles. The van der Waals surface area contributed by atoms with Crippen LogP contribution in [0.15, 0.2) is 28.9 Å². The van der Waals surface area contributed by atoms with E-state index in [0.717, 1.165) is 20.9 Å². The molecule has 0 unspecified atom stereocenters. The van der Waals surface area contributed by atoms with Crippen LogP contribution in [-0.4, -0.2) is 24.7 Å². The summed E-state index contributed by atoms with van der Waals surface area (Å²) < 4.78 is 6.02. The van der Waals surface area contributed by atoms with Crippen LogP contribution in [0.2, 0.25) is 0 Å². The fourth-order valence-electron chi connectivity index (χ4n) is 1.73. The zero-order chi connectivity index (χ0) is 12.3. The monoisotopic (exact) mass is 296 g/mol. The smallest absolute Gasteiger partial charge is 0.406 e. The topological polar surface area (TPSA) is 54.1 Å². The molecule has 0 aliphatic carbocycles. The lowest BCUT2D eigenvalue weighted by molar-refractivity contribution is 0.150. The van der Waals surface area contributed by atoms with Crippen molar-refractivity contribution in [2.24, 2.45) is 0 Å². The summed E-state index contributed by atoms with van der Waals surface area (Å²) in [6, 6.07) is 6.00. The van der Waals surface area contributed by atoms with Gasteiger partial charge in [-0.3, -0.25) is 0 Å². The van der Waals surface area contributed by atoms with Gasteiger partial charge in [0.1, 0.15) is 0 Å². The Balaban J connectivity index is 2.11. The minimum atomic E-state index is -0.399. The molecule has 2 rings (SSSR count). The third-order valence-electron chi connectivity index (χ3n) is 2.55. The van der Waals surface area contributed by atoms with Crippen LogP contribution in [0.3, 0.4) is 0 Å². The highest BCUT2D eigenvalue weighted by Gasteiger charge is 2.07. The Morgan fingerprint density at radius 2 is 2.35 bits per heavy atom. The lowest BCUT2D eigenvalue weighted by atomic mass is 10.1. The predicted octanol–water partition coefficient (Wildman–Crippen LogP) is 2.83. The van der Waals surface area contributed by atoms with Crippen LogP contribution >= 0.6 is 15.9 Å². The van der Waals surface area contributed by atoms with Gasteiger partial charge < -0.3 is 15.0 Å². The van der Waals surface area contributed by atoms with Crippen molar-refractivity contribution in [2.75, 3.05) is 13.7 Å². The van der Waals surface area contributed by atoms with Gasteiger partial charge in [-0.1, -0.05) is 22.0 Å². The number of ether oxygens (including phenoxy) is 1. The van der Waals surface area contributed by atoms with Gasteiger partial charge in [-0.05, 0) is 17.7 Å². The normalized spacial score (nSPS) is 10.5. The van der Waals surface area contributed by atoms with Gasteiger partial charge in [-0.2, -0.15) is 0 Å². The number of nitrogens with one attached hydrogen (secondary N) is 2. The summed E-state index contributed by atoms with van der Waals surface area (Å²) in [5.41, 5.74) is 2.21. The molecule has 5 heteroatoms. The SMILES string of the molecule is CNC(=O)OCCc1c[nH]c2cccc(Br)c12. The summed E-state index contributed by atoms with van der Waals surface area (Å²) >= 11 is 3.52. The molecule has 17 heavy (non-hydrogen) atoms. The number of carbonyl (C=O) groups is 1. The van der Waals surface area contributed by atoms with Gasteiger partial charge in [0.05, 0.1) is 6.61 Å². The molecular weight excluding hydrogens is 284 g/mol. The Kier molecular flexibility index (Phi) is 3.68. The molecule has 0 saturated carbocycles. The van der Waals surface area contributed by atoms with Crippen LogP contribution in [0.25, 0.3) is 10.9 Å². The lowest BCUT2D eigenvalue weighted by Crippen LogP contribution is -2.20. The van der Waals surface area contributed by atoms with E-state index in [-0.39, 0.29) is 0 Å². The molecule has 1 aromatic carbocycles.